The van der Waals surface area contributed by atoms with Crippen LogP contribution in [0.1, 0.15) is 67.3 Å². The Bertz CT molecular complexity index is 364. The molecule has 0 spiro atoms. The number of hydrogen-bond donors (Lipinski definition) is 0. The van der Waals surface area contributed by atoms with Gasteiger partial charge in [-0.15, -0.1) is 11.3 Å². The van der Waals surface area contributed by atoms with Gasteiger partial charge in [0, 0.05) is 9.75 Å². The van der Waals surface area contributed by atoms with Crippen LogP contribution in [0.2, 0.25) is 0 Å². The van der Waals surface area contributed by atoms with Gasteiger partial charge in [0.1, 0.15) is 0 Å². The molecule has 0 atom stereocenters. The molecule has 1 rings (SSSR count). The van der Waals surface area contributed by atoms with Gasteiger partial charge in [-0.2, -0.15) is 13.2 Å². The fourth-order valence-electron chi connectivity index (χ4n) is 2.13. The van der Waals surface area contributed by atoms with E-state index in [0.717, 1.165) is 30.6 Å². The van der Waals surface area contributed by atoms with Gasteiger partial charge in [-0.3, -0.25) is 0 Å². The lowest BCUT2D eigenvalue weighted by molar-refractivity contribution is -0.138. The van der Waals surface area contributed by atoms with Crippen LogP contribution < -0.4 is 0 Å². The van der Waals surface area contributed by atoms with E-state index in [9.17, 15) is 13.2 Å². The minimum Gasteiger partial charge on any atom is -0.166 e. The third kappa shape index (κ3) is 5.55. The summed E-state index contributed by atoms with van der Waals surface area (Å²) in [5.41, 5.74) is 0.146. The van der Waals surface area contributed by atoms with Gasteiger partial charge in [0.2, 0.25) is 0 Å². The Balaban J connectivity index is 0.00000154. The largest absolute Gasteiger partial charge is 0.417 e. The van der Waals surface area contributed by atoms with E-state index < -0.39 is 6.18 Å². The molecule has 1 heterocycles. The number of halogens is 3. The zero-order chi connectivity index (χ0) is 15.1. The zero-order valence-corrected chi connectivity index (χ0v) is 13.4. The van der Waals surface area contributed by atoms with Crippen molar-refractivity contribution in [2.45, 2.75) is 72.9 Å². The molecule has 0 aromatic carbocycles. The number of hydrogen-bond acceptors (Lipinski definition) is 1. The van der Waals surface area contributed by atoms with E-state index in [4.69, 9.17) is 0 Å². The summed E-state index contributed by atoms with van der Waals surface area (Å²) in [4.78, 5) is 1.23. The number of unbranched alkanes of at least 4 members (excludes halogenated alkanes) is 3. The molecule has 19 heavy (non-hydrogen) atoms. The molecule has 0 aliphatic carbocycles. The summed E-state index contributed by atoms with van der Waals surface area (Å²) in [6.45, 7) is 9.46. The Morgan fingerprint density at radius 2 is 1.53 bits per heavy atom. The average Bonchev–Trinajstić information content (AvgIpc) is 2.62. The predicted molar refractivity (Wildman–Crippen MR) is 78.0 cm³/mol. The molecule has 0 unspecified atom stereocenters. The van der Waals surface area contributed by atoms with Crippen molar-refractivity contribution in [1.29, 1.82) is 0 Å². The fraction of sp³-hybridized carbons (Fsp3) is 0.733. The Morgan fingerprint density at radius 3 is 2.00 bits per heavy atom. The molecule has 112 valence electrons. The normalized spacial score (nSPS) is 11.2. The number of alkyl halides is 3. The molecular formula is C15H25F3S. The van der Waals surface area contributed by atoms with Crippen molar-refractivity contribution in [3.63, 3.8) is 0 Å². The van der Waals surface area contributed by atoms with Gasteiger partial charge in [-0.1, -0.05) is 40.0 Å². The Labute approximate surface area is 119 Å². The van der Waals surface area contributed by atoms with Crippen molar-refractivity contribution in [2.75, 3.05) is 0 Å². The highest BCUT2D eigenvalue weighted by molar-refractivity contribution is 7.12. The van der Waals surface area contributed by atoms with Crippen LogP contribution in [0.4, 0.5) is 13.2 Å². The van der Waals surface area contributed by atoms with Crippen LogP contribution in [-0.4, -0.2) is 0 Å². The lowest BCUT2D eigenvalue weighted by Gasteiger charge is -2.10. The van der Waals surface area contributed by atoms with Crippen LogP contribution in [0, 0.1) is 13.8 Å². The first-order valence-electron chi connectivity index (χ1n) is 7.04. The highest BCUT2D eigenvalue weighted by atomic mass is 32.1. The van der Waals surface area contributed by atoms with Gasteiger partial charge in [-0.25, -0.2) is 0 Å². The summed E-state index contributed by atoms with van der Waals surface area (Å²) in [6, 6.07) is 0. The lowest BCUT2D eigenvalue weighted by atomic mass is 10.0. The van der Waals surface area contributed by atoms with E-state index >= 15 is 0 Å². The van der Waals surface area contributed by atoms with Crippen LogP contribution in [-0.2, 0) is 12.6 Å². The molecule has 0 N–H and O–H groups in total. The van der Waals surface area contributed by atoms with Crippen LogP contribution in [0.15, 0.2) is 0 Å². The molecule has 0 aliphatic rings. The third-order valence-corrected chi connectivity index (χ3v) is 4.01. The Hall–Kier alpha value is -0.510. The third-order valence-electron chi connectivity index (χ3n) is 2.95. The van der Waals surface area contributed by atoms with Crippen molar-refractivity contribution in [3.05, 3.63) is 20.9 Å². The van der Waals surface area contributed by atoms with E-state index in [1.54, 1.807) is 13.8 Å². The van der Waals surface area contributed by atoms with Crippen molar-refractivity contribution < 1.29 is 13.2 Å². The van der Waals surface area contributed by atoms with Gasteiger partial charge in [0.05, 0.1) is 5.56 Å². The fourth-order valence-corrected chi connectivity index (χ4v) is 3.26. The summed E-state index contributed by atoms with van der Waals surface area (Å²) in [5, 5.41) is 0. The number of aryl methyl sites for hydroxylation is 2. The first-order chi connectivity index (χ1) is 8.88. The van der Waals surface area contributed by atoms with Crippen molar-refractivity contribution in [3.8, 4) is 0 Å². The van der Waals surface area contributed by atoms with Gasteiger partial charge >= 0.3 is 6.18 Å². The molecule has 1 aromatic rings. The highest BCUT2D eigenvalue weighted by Gasteiger charge is 2.36. The Morgan fingerprint density at radius 1 is 0.947 bits per heavy atom. The molecule has 4 heteroatoms. The molecule has 0 bridgehead atoms. The average molecular weight is 294 g/mol. The summed E-state index contributed by atoms with van der Waals surface area (Å²) >= 11 is 1.27. The quantitative estimate of drug-likeness (QED) is 0.541. The second kappa shape index (κ2) is 8.62. The summed E-state index contributed by atoms with van der Waals surface area (Å²) in [5.74, 6) is 0. The molecule has 0 aliphatic heterocycles. The molecule has 0 nitrogen and oxygen atoms in total. The zero-order valence-electron chi connectivity index (χ0n) is 12.6. The number of thiophene rings is 1. The van der Waals surface area contributed by atoms with Crippen LogP contribution in [0.25, 0.3) is 0 Å². The monoisotopic (exact) mass is 294 g/mol. The molecule has 0 radical (unpaired) electrons. The molecular weight excluding hydrogens is 269 g/mol. The maximum Gasteiger partial charge on any atom is 0.417 e. The summed E-state index contributed by atoms with van der Waals surface area (Å²) < 4.78 is 38.7. The smallest absolute Gasteiger partial charge is 0.166 e. The van der Waals surface area contributed by atoms with Gasteiger partial charge in [-0.05, 0) is 32.3 Å². The maximum absolute atomic E-state index is 12.9. The van der Waals surface area contributed by atoms with Crippen LogP contribution in [0.5, 0.6) is 0 Å². The summed E-state index contributed by atoms with van der Waals surface area (Å²) in [6.07, 6.45) is 0.438. The van der Waals surface area contributed by atoms with Crippen LogP contribution in [0.3, 0.4) is 0 Å². The van der Waals surface area contributed by atoms with E-state index in [1.807, 2.05) is 13.8 Å². The van der Waals surface area contributed by atoms with E-state index in [-0.39, 0.29) is 5.56 Å². The first-order valence-corrected chi connectivity index (χ1v) is 7.85. The topological polar surface area (TPSA) is 0 Å². The second-order valence-electron chi connectivity index (χ2n) is 4.38. The van der Waals surface area contributed by atoms with Gasteiger partial charge in [0.25, 0.3) is 0 Å². The second-order valence-corrected chi connectivity index (χ2v) is 5.81. The molecule has 1 aromatic heterocycles. The standard InChI is InChI=1S/C13H19F3S.C2H6/c1-4-5-6-7-8-11-9(2)17-10(3)12(11)13(14,15)16;1-2/h4-8H2,1-3H3;1-2H3. The van der Waals surface area contributed by atoms with E-state index in [1.165, 1.54) is 11.3 Å². The molecule has 0 saturated carbocycles. The van der Waals surface area contributed by atoms with Crippen LogP contribution >= 0.6 is 11.3 Å². The van der Waals surface area contributed by atoms with Crippen molar-refractivity contribution >= 4 is 11.3 Å². The minimum absolute atomic E-state index is 0.378. The minimum atomic E-state index is -4.20. The maximum atomic E-state index is 12.9. The highest BCUT2D eigenvalue weighted by Crippen LogP contribution is 2.40. The molecule has 0 amide bonds. The van der Waals surface area contributed by atoms with Crippen molar-refractivity contribution in [2.24, 2.45) is 0 Å². The van der Waals surface area contributed by atoms with Gasteiger partial charge < -0.3 is 0 Å². The molecule has 0 fully saturated rings. The van der Waals surface area contributed by atoms with E-state index in [2.05, 4.69) is 6.92 Å². The van der Waals surface area contributed by atoms with E-state index in [0.29, 0.717) is 16.9 Å². The first kappa shape index (κ1) is 18.5. The predicted octanol–water partition coefficient (Wildman–Crippen LogP) is 6.53. The molecule has 0 saturated heterocycles. The van der Waals surface area contributed by atoms with Gasteiger partial charge in [0.15, 0.2) is 0 Å². The van der Waals surface area contributed by atoms with Crippen molar-refractivity contribution in [1.82, 2.24) is 0 Å². The number of rotatable bonds is 5. The Kier molecular flexibility index (Phi) is 8.39. The SMILES string of the molecule is CC.CCCCCCc1c(C)sc(C)c1C(F)(F)F. The summed E-state index contributed by atoms with van der Waals surface area (Å²) in [7, 11) is 0. The lowest BCUT2D eigenvalue weighted by Crippen LogP contribution is -2.09.